The molecule has 1 saturated heterocycles. The lowest BCUT2D eigenvalue weighted by atomic mass is 10.1. The van der Waals surface area contributed by atoms with Gasteiger partial charge in [-0.15, -0.1) is 12.4 Å². The fourth-order valence-electron chi connectivity index (χ4n) is 2.57. The summed E-state index contributed by atoms with van der Waals surface area (Å²) in [5, 5.41) is 6.18. The molecule has 1 aromatic carbocycles. The second-order valence-electron chi connectivity index (χ2n) is 5.65. The van der Waals surface area contributed by atoms with Crippen molar-refractivity contribution in [3.8, 4) is 0 Å². The van der Waals surface area contributed by atoms with E-state index in [9.17, 15) is 4.79 Å². The van der Waals surface area contributed by atoms with Crippen molar-refractivity contribution in [1.82, 2.24) is 10.6 Å². The first kappa shape index (κ1) is 18.9. The summed E-state index contributed by atoms with van der Waals surface area (Å²) in [6.07, 6.45) is 3.53. The molecule has 1 heterocycles. The van der Waals surface area contributed by atoms with Crippen LogP contribution in [0.1, 0.15) is 43.9 Å². The molecule has 1 amide bonds. The van der Waals surface area contributed by atoms with Crippen LogP contribution in [-0.2, 0) is 16.0 Å². The van der Waals surface area contributed by atoms with Crippen LogP contribution in [0.2, 0.25) is 0 Å². The lowest BCUT2D eigenvalue weighted by Crippen LogP contribution is -2.38. The third-order valence-electron chi connectivity index (χ3n) is 3.95. The Balaban J connectivity index is 0.00000242. The highest BCUT2D eigenvalue weighted by molar-refractivity contribution is 5.85. The molecule has 2 atom stereocenters. The highest BCUT2D eigenvalue weighted by Gasteiger charge is 2.15. The van der Waals surface area contributed by atoms with E-state index in [-0.39, 0.29) is 30.5 Å². The number of carbonyl (C=O) groups excluding carboxylic acids is 1. The standard InChI is InChI=1S/C17H26N2O2.ClH/c1-3-14-6-8-15(9-7-14)13(2)19-17(20)12-18-11-16-5-4-10-21-16;/h6-9,13,16,18H,3-5,10-12H2,1-2H3,(H,19,20);1H. The fourth-order valence-corrected chi connectivity index (χ4v) is 2.57. The minimum absolute atomic E-state index is 0. The average molecular weight is 327 g/mol. The van der Waals surface area contributed by atoms with Crippen molar-refractivity contribution in [2.45, 2.75) is 45.3 Å². The normalized spacial score (nSPS) is 18.5. The van der Waals surface area contributed by atoms with Crippen molar-refractivity contribution in [3.63, 3.8) is 0 Å². The first-order valence-electron chi connectivity index (χ1n) is 7.89. The Labute approximate surface area is 139 Å². The molecule has 0 radical (unpaired) electrons. The number of nitrogens with one attached hydrogen (secondary N) is 2. The molecule has 1 aliphatic rings. The molecule has 0 spiro atoms. The minimum atomic E-state index is 0. The number of rotatable bonds is 7. The second kappa shape index (κ2) is 9.82. The van der Waals surface area contributed by atoms with Gasteiger partial charge in [0.2, 0.25) is 5.91 Å². The molecule has 0 aliphatic carbocycles. The molecule has 22 heavy (non-hydrogen) atoms. The third kappa shape index (κ3) is 5.95. The van der Waals surface area contributed by atoms with Gasteiger partial charge < -0.3 is 15.4 Å². The van der Waals surface area contributed by atoms with Crippen molar-refractivity contribution in [2.75, 3.05) is 19.7 Å². The van der Waals surface area contributed by atoms with Crippen LogP contribution in [0.5, 0.6) is 0 Å². The molecule has 2 N–H and O–H groups in total. The number of amides is 1. The number of benzene rings is 1. The Morgan fingerprint density at radius 2 is 2.09 bits per heavy atom. The van der Waals surface area contributed by atoms with Crippen LogP contribution in [-0.4, -0.2) is 31.7 Å². The van der Waals surface area contributed by atoms with E-state index in [0.29, 0.717) is 6.54 Å². The predicted molar refractivity (Wildman–Crippen MR) is 91.5 cm³/mol. The van der Waals surface area contributed by atoms with Crippen LogP contribution in [0.3, 0.4) is 0 Å². The van der Waals surface area contributed by atoms with Crippen LogP contribution < -0.4 is 10.6 Å². The van der Waals surface area contributed by atoms with E-state index in [1.165, 1.54) is 5.56 Å². The molecular weight excluding hydrogens is 300 g/mol. The molecule has 124 valence electrons. The molecule has 0 saturated carbocycles. The van der Waals surface area contributed by atoms with Crippen molar-refractivity contribution in [3.05, 3.63) is 35.4 Å². The number of hydrogen-bond acceptors (Lipinski definition) is 3. The van der Waals surface area contributed by atoms with Crippen LogP contribution in [0.4, 0.5) is 0 Å². The zero-order chi connectivity index (χ0) is 15.1. The van der Waals surface area contributed by atoms with Gasteiger partial charge in [0.25, 0.3) is 0 Å². The lowest BCUT2D eigenvalue weighted by Gasteiger charge is -2.16. The van der Waals surface area contributed by atoms with E-state index >= 15 is 0 Å². The van der Waals surface area contributed by atoms with E-state index in [0.717, 1.165) is 38.0 Å². The second-order valence-corrected chi connectivity index (χ2v) is 5.65. The van der Waals surface area contributed by atoms with Crippen molar-refractivity contribution < 1.29 is 9.53 Å². The highest BCUT2D eigenvalue weighted by atomic mass is 35.5. The number of carbonyl (C=O) groups is 1. The van der Waals surface area contributed by atoms with Crippen molar-refractivity contribution in [1.29, 1.82) is 0 Å². The van der Waals surface area contributed by atoms with Crippen LogP contribution in [0, 0.1) is 0 Å². The van der Waals surface area contributed by atoms with Gasteiger partial charge in [-0.05, 0) is 37.3 Å². The molecule has 0 bridgehead atoms. The van der Waals surface area contributed by atoms with Crippen LogP contribution in [0.25, 0.3) is 0 Å². The van der Waals surface area contributed by atoms with Gasteiger partial charge in [0.1, 0.15) is 0 Å². The van der Waals surface area contributed by atoms with Crippen molar-refractivity contribution in [2.24, 2.45) is 0 Å². The van der Waals surface area contributed by atoms with Gasteiger partial charge in [0.15, 0.2) is 0 Å². The molecular formula is C17H27ClN2O2. The summed E-state index contributed by atoms with van der Waals surface area (Å²) in [5.74, 6) is 0.0278. The Bertz CT molecular complexity index is 444. The molecule has 5 heteroatoms. The van der Waals surface area contributed by atoms with E-state index in [1.54, 1.807) is 0 Å². The fraction of sp³-hybridized carbons (Fsp3) is 0.588. The summed E-state index contributed by atoms with van der Waals surface area (Å²) >= 11 is 0. The van der Waals surface area contributed by atoms with Gasteiger partial charge in [0.05, 0.1) is 18.7 Å². The Hall–Kier alpha value is -1.10. The Morgan fingerprint density at radius 3 is 2.68 bits per heavy atom. The number of halogens is 1. The molecule has 0 aromatic heterocycles. The topological polar surface area (TPSA) is 50.4 Å². The maximum Gasteiger partial charge on any atom is 0.234 e. The van der Waals surface area contributed by atoms with E-state index in [4.69, 9.17) is 4.74 Å². The van der Waals surface area contributed by atoms with Gasteiger partial charge >= 0.3 is 0 Å². The summed E-state index contributed by atoms with van der Waals surface area (Å²) in [7, 11) is 0. The SMILES string of the molecule is CCc1ccc(C(C)NC(=O)CNCC2CCCO2)cc1.Cl. The molecule has 4 nitrogen and oxygen atoms in total. The first-order valence-corrected chi connectivity index (χ1v) is 7.89. The van der Waals surface area contributed by atoms with E-state index in [1.807, 2.05) is 6.92 Å². The predicted octanol–water partition coefficient (Wildman–Crippen LogP) is 2.62. The summed E-state index contributed by atoms with van der Waals surface area (Å²) in [6.45, 7) is 6.10. The number of ether oxygens (including phenoxy) is 1. The number of aryl methyl sites for hydroxylation is 1. The van der Waals surface area contributed by atoms with Crippen LogP contribution in [0.15, 0.2) is 24.3 Å². The summed E-state index contributed by atoms with van der Waals surface area (Å²) in [5.41, 5.74) is 2.45. The first-order chi connectivity index (χ1) is 10.2. The van der Waals surface area contributed by atoms with Crippen LogP contribution >= 0.6 is 12.4 Å². The summed E-state index contributed by atoms with van der Waals surface area (Å²) in [4.78, 5) is 11.9. The zero-order valence-corrected chi connectivity index (χ0v) is 14.2. The summed E-state index contributed by atoms with van der Waals surface area (Å²) < 4.78 is 5.51. The average Bonchev–Trinajstić information content (AvgIpc) is 3.00. The quantitative estimate of drug-likeness (QED) is 0.810. The zero-order valence-electron chi connectivity index (χ0n) is 13.4. The monoisotopic (exact) mass is 326 g/mol. The highest BCUT2D eigenvalue weighted by Crippen LogP contribution is 2.13. The largest absolute Gasteiger partial charge is 0.377 e. The van der Waals surface area contributed by atoms with E-state index in [2.05, 4.69) is 41.8 Å². The molecule has 2 unspecified atom stereocenters. The van der Waals surface area contributed by atoms with Gasteiger partial charge in [-0.2, -0.15) is 0 Å². The molecule has 1 aromatic rings. The smallest absolute Gasteiger partial charge is 0.234 e. The molecule has 1 aliphatic heterocycles. The maximum absolute atomic E-state index is 11.9. The Morgan fingerprint density at radius 1 is 1.36 bits per heavy atom. The van der Waals surface area contributed by atoms with Gasteiger partial charge in [-0.25, -0.2) is 0 Å². The van der Waals surface area contributed by atoms with Gasteiger partial charge in [-0.1, -0.05) is 31.2 Å². The maximum atomic E-state index is 11.9. The van der Waals surface area contributed by atoms with Gasteiger partial charge in [-0.3, -0.25) is 4.79 Å². The lowest BCUT2D eigenvalue weighted by molar-refractivity contribution is -0.120. The van der Waals surface area contributed by atoms with E-state index < -0.39 is 0 Å². The van der Waals surface area contributed by atoms with Gasteiger partial charge in [0, 0.05) is 13.2 Å². The minimum Gasteiger partial charge on any atom is -0.377 e. The third-order valence-corrected chi connectivity index (χ3v) is 3.95. The van der Waals surface area contributed by atoms with Crippen molar-refractivity contribution >= 4 is 18.3 Å². The molecule has 1 fully saturated rings. The summed E-state index contributed by atoms with van der Waals surface area (Å²) in [6, 6.07) is 8.45. The number of hydrogen-bond donors (Lipinski definition) is 2. The molecule has 2 rings (SSSR count). The Kier molecular flexibility index (Phi) is 8.46.